The lowest BCUT2D eigenvalue weighted by atomic mass is 10.3. The monoisotopic (exact) mass is 239 g/mol. The zero-order valence-corrected chi connectivity index (χ0v) is 9.96. The lowest BCUT2D eigenvalue weighted by molar-refractivity contribution is 0.172. The molecule has 0 unspecified atom stereocenters. The Labute approximate surface area is 101 Å². The number of aromatic nitrogens is 1. The molecule has 0 bridgehead atoms. The van der Waals surface area contributed by atoms with Crippen LogP contribution in [0.5, 0.6) is 5.75 Å². The van der Waals surface area contributed by atoms with Crippen molar-refractivity contribution in [2.24, 2.45) is 0 Å². The molecular formula is C12H14ClNO2. The standard InChI is InChI=1S/C12H14ClNO2/c1-15-6-3-7-16-12-8-11(4-2-5-13)9-14-10-12/h8-10H,3,5-7H2,1H3. The summed E-state index contributed by atoms with van der Waals surface area (Å²) in [6, 6.07) is 1.85. The maximum Gasteiger partial charge on any atom is 0.138 e. The zero-order chi connectivity index (χ0) is 11.6. The number of alkyl halides is 1. The summed E-state index contributed by atoms with van der Waals surface area (Å²) in [5, 5.41) is 0. The average molecular weight is 240 g/mol. The van der Waals surface area contributed by atoms with Crippen LogP contribution in [0.3, 0.4) is 0 Å². The van der Waals surface area contributed by atoms with E-state index in [0.717, 1.165) is 17.7 Å². The molecule has 1 aromatic rings. The highest BCUT2D eigenvalue weighted by atomic mass is 35.5. The second-order valence-electron chi connectivity index (χ2n) is 3.04. The van der Waals surface area contributed by atoms with E-state index < -0.39 is 0 Å². The molecule has 0 aromatic carbocycles. The highest BCUT2D eigenvalue weighted by molar-refractivity contribution is 6.19. The van der Waals surface area contributed by atoms with Gasteiger partial charge in [-0.1, -0.05) is 11.8 Å². The summed E-state index contributed by atoms with van der Waals surface area (Å²) in [5.74, 6) is 6.69. The van der Waals surface area contributed by atoms with Gasteiger partial charge in [0.15, 0.2) is 0 Å². The molecule has 0 aliphatic carbocycles. The Morgan fingerprint density at radius 1 is 1.38 bits per heavy atom. The van der Waals surface area contributed by atoms with Gasteiger partial charge >= 0.3 is 0 Å². The van der Waals surface area contributed by atoms with Crippen LogP contribution in [-0.2, 0) is 4.74 Å². The van der Waals surface area contributed by atoms with E-state index in [1.807, 2.05) is 6.07 Å². The van der Waals surface area contributed by atoms with E-state index in [-0.39, 0.29) is 0 Å². The maximum atomic E-state index is 5.49. The van der Waals surface area contributed by atoms with Gasteiger partial charge in [-0.25, -0.2) is 0 Å². The third-order valence-corrected chi connectivity index (χ3v) is 1.91. The molecule has 0 aliphatic rings. The van der Waals surface area contributed by atoms with E-state index in [9.17, 15) is 0 Å². The van der Waals surface area contributed by atoms with E-state index in [0.29, 0.717) is 19.1 Å². The minimum Gasteiger partial charge on any atom is -0.492 e. The van der Waals surface area contributed by atoms with Gasteiger partial charge in [-0.05, 0) is 6.07 Å². The second kappa shape index (κ2) is 7.98. The van der Waals surface area contributed by atoms with Crippen LogP contribution in [0.25, 0.3) is 0 Å². The number of rotatable bonds is 5. The molecule has 0 aliphatic heterocycles. The highest BCUT2D eigenvalue weighted by Gasteiger charge is 1.95. The molecule has 0 amide bonds. The molecule has 3 nitrogen and oxygen atoms in total. The fraction of sp³-hybridized carbons (Fsp3) is 0.417. The molecule has 1 aromatic heterocycles. The van der Waals surface area contributed by atoms with Crippen molar-refractivity contribution >= 4 is 11.6 Å². The summed E-state index contributed by atoms with van der Waals surface area (Å²) in [6.45, 7) is 1.31. The first-order valence-electron chi connectivity index (χ1n) is 4.98. The van der Waals surface area contributed by atoms with Crippen LogP contribution in [0, 0.1) is 11.8 Å². The van der Waals surface area contributed by atoms with E-state index in [2.05, 4.69) is 16.8 Å². The first kappa shape index (κ1) is 12.8. The normalized spacial score (nSPS) is 9.38. The number of ether oxygens (including phenoxy) is 2. The van der Waals surface area contributed by atoms with Crippen LogP contribution in [0.2, 0.25) is 0 Å². The average Bonchev–Trinajstić information content (AvgIpc) is 2.33. The van der Waals surface area contributed by atoms with Crippen LogP contribution in [0.15, 0.2) is 18.5 Å². The molecule has 0 fully saturated rings. The van der Waals surface area contributed by atoms with Crippen LogP contribution < -0.4 is 4.74 Å². The predicted molar refractivity (Wildman–Crippen MR) is 63.8 cm³/mol. The van der Waals surface area contributed by atoms with Gasteiger partial charge < -0.3 is 9.47 Å². The smallest absolute Gasteiger partial charge is 0.138 e. The van der Waals surface area contributed by atoms with Crippen molar-refractivity contribution in [2.75, 3.05) is 26.2 Å². The van der Waals surface area contributed by atoms with Crippen LogP contribution in [0.1, 0.15) is 12.0 Å². The third kappa shape index (κ3) is 5.01. The Morgan fingerprint density at radius 3 is 3.00 bits per heavy atom. The van der Waals surface area contributed by atoms with Gasteiger partial charge in [0, 0.05) is 31.9 Å². The Bertz CT molecular complexity index is 371. The fourth-order valence-electron chi connectivity index (χ4n) is 1.09. The molecule has 0 saturated heterocycles. The van der Waals surface area contributed by atoms with Gasteiger partial charge in [-0.15, -0.1) is 11.6 Å². The highest BCUT2D eigenvalue weighted by Crippen LogP contribution is 2.10. The Balaban J connectivity index is 2.47. The topological polar surface area (TPSA) is 31.4 Å². The number of hydrogen-bond acceptors (Lipinski definition) is 3. The van der Waals surface area contributed by atoms with Gasteiger partial charge in [-0.3, -0.25) is 4.98 Å². The van der Waals surface area contributed by atoms with E-state index in [4.69, 9.17) is 21.1 Å². The molecule has 0 saturated carbocycles. The van der Waals surface area contributed by atoms with Gasteiger partial charge in [0.25, 0.3) is 0 Å². The first-order valence-corrected chi connectivity index (χ1v) is 5.52. The number of methoxy groups -OCH3 is 1. The Morgan fingerprint density at radius 2 is 2.25 bits per heavy atom. The molecule has 0 radical (unpaired) electrons. The van der Waals surface area contributed by atoms with Gasteiger partial charge in [0.05, 0.1) is 18.7 Å². The SMILES string of the molecule is COCCCOc1cncc(C#CCCl)c1. The van der Waals surface area contributed by atoms with Crippen LogP contribution >= 0.6 is 11.6 Å². The summed E-state index contributed by atoms with van der Waals surface area (Å²) in [7, 11) is 1.67. The number of nitrogens with zero attached hydrogens (tertiary/aromatic N) is 1. The molecule has 0 N–H and O–H groups in total. The zero-order valence-electron chi connectivity index (χ0n) is 9.20. The molecule has 0 atom stereocenters. The molecule has 86 valence electrons. The van der Waals surface area contributed by atoms with Crippen molar-refractivity contribution in [3.63, 3.8) is 0 Å². The molecule has 1 rings (SSSR count). The molecule has 4 heteroatoms. The quantitative estimate of drug-likeness (QED) is 0.448. The van der Waals surface area contributed by atoms with Gasteiger partial charge in [0.1, 0.15) is 5.75 Å². The molecule has 1 heterocycles. The first-order chi connectivity index (χ1) is 7.86. The van der Waals surface area contributed by atoms with Crippen molar-refractivity contribution in [1.82, 2.24) is 4.98 Å². The Kier molecular flexibility index (Phi) is 6.39. The van der Waals surface area contributed by atoms with Crippen molar-refractivity contribution in [2.45, 2.75) is 6.42 Å². The van der Waals surface area contributed by atoms with Crippen LogP contribution in [-0.4, -0.2) is 31.2 Å². The maximum absolute atomic E-state index is 5.49. The van der Waals surface area contributed by atoms with Crippen molar-refractivity contribution in [1.29, 1.82) is 0 Å². The predicted octanol–water partition coefficient (Wildman–Crippen LogP) is 2.09. The number of halogens is 1. The molecule has 16 heavy (non-hydrogen) atoms. The minimum absolute atomic E-state index is 0.318. The van der Waals surface area contributed by atoms with Gasteiger partial charge in [-0.2, -0.15) is 0 Å². The summed E-state index contributed by atoms with van der Waals surface area (Å²) >= 11 is 5.47. The number of pyridine rings is 1. The lowest BCUT2D eigenvalue weighted by Gasteiger charge is -2.05. The number of hydrogen-bond donors (Lipinski definition) is 0. The van der Waals surface area contributed by atoms with Crippen molar-refractivity contribution < 1.29 is 9.47 Å². The molecule has 0 spiro atoms. The largest absolute Gasteiger partial charge is 0.492 e. The lowest BCUT2D eigenvalue weighted by Crippen LogP contribution is -2.01. The van der Waals surface area contributed by atoms with E-state index in [1.54, 1.807) is 19.5 Å². The van der Waals surface area contributed by atoms with Crippen LogP contribution in [0.4, 0.5) is 0 Å². The summed E-state index contributed by atoms with van der Waals surface area (Å²) in [4.78, 5) is 4.03. The summed E-state index contributed by atoms with van der Waals surface area (Å²) < 4.78 is 10.4. The third-order valence-electron chi connectivity index (χ3n) is 1.77. The van der Waals surface area contributed by atoms with E-state index in [1.165, 1.54) is 0 Å². The van der Waals surface area contributed by atoms with Crippen molar-refractivity contribution in [3.8, 4) is 17.6 Å². The molecular weight excluding hydrogens is 226 g/mol. The minimum atomic E-state index is 0.318. The fourth-order valence-corrected chi connectivity index (χ4v) is 1.16. The summed E-state index contributed by atoms with van der Waals surface area (Å²) in [6.07, 6.45) is 4.20. The summed E-state index contributed by atoms with van der Waals surface area (Å²) in [5.41, 5.74) is 0.810. The van der Waals surface area contributed by atoms with Crippen molar-refractivity contribution in [3.05, 3.63) is 24.0 Å². The Hall–Kier alpha value is -1.24. The second-order valence-corrected chi connectivity index (χ2v) is 3.31. The van der Waals surface area contributed by atoms with Gasteiger partial charge in [0.2, 0.25) is 0 Å². The van der Waals surface area contributed by atoms with E-state index >= 15 is 0 Å².